The molecule has 0 radical (unpaired) electrons. The van der Waals surface area contributed by atoms with Crippen LogP contribution in [0.2, 0.25) is 0 Å². The SMILES string of the molecule is Cc1ccc(N2C(=O)C3C(C(=O)Nc4ccccc4)=NN(c4ccc(C)cc4)C3C2=O)cc1. The zero-order valence-electron chi connectivity index (χ0n) is 18.2. The number of nitrogens with zero attached hydrogens (tertiary/aromatic N) is 3. The summed E-state index contributed by atoms with van der Waals surface area (Å²) in [5.41, 5.74) is 3.81. The minimum Gasteiger partial charge on any atom is -0.321 e. The lowest BCUT2D eigenvalue weighted by Gasteiger charge is -2.22. The number of imide groups is 1. The van der Waals surface area contributed by atoms with E-state index in [1.54, 1.807) is 36.4 Å². The highest BCUT2D eigenvalue weighted by Gasteiger charge is 2.58. The summed E-state index contributed by atoms with van der Waals surface area (Å²) < 4.78 is 0. The molecule has 33 heavy (non-hydrogen) atoms. The highest BCUT2D eigenvalue weighted by atomic mass is 16.2. The fourth-order valence-electron chi connectivity index (χ4n) is 4.18. The molecule has 2 unspecified atom stereocenters. The van der Waals surface area contributed by atoms with Gasteiger partial charge in [0.25, 0.3) is 11.8 Å². The molecule has 3 aromatic rings. The van der Waals surface area contributed by atoms with Crippen molar-refractivity contribution in [3.05, 3.63) is 90.0 Å². The van der Waals surface area contributed by atoms with E-state index < -0.39 is 29.7 Å². The molecule has 2 aliphatic heterocycles. The number of fused-ring (bicyclic) bond motifs is 1. The van der Waals surface area contributed by atoms with Gasteiger partial charge in [0.2, 0.25) is 5.91 Å². The van der Waals surface area contributed by atoms with Gasteiger partial charge in [-0.2, -0.15) is 5.10 Å². The maximum absolute atomic E-state index is 13.5. The van der Waals surface area contributed by atoms with Gasteiger partial charge >= 0.3 is 0 Å². The van der Waals surface area contributed by atoms with E-state index >= 15 is 0 Å². The van der Waals surface area contributed by atoms with Crippen molar-refractivity contribution in [1.29, 1.82) is 0 Å². The van der Waals surface area contributed by atoms with Crippen LogP contribution in [-0.4, -0.2) is 29.5 Å². The Balaban J connectivity index is 1.55. The van der Waals surface area contributed by atoms with Crippen molar-refractivity contribution < 1.29 is 14.4 Å². The number of carbonyl (C=O) groups excluding carboxylic acids is 3. The Hall–Kier alpha value is -4.26. The van der Waals surface area contributed by atoms with E-state index in [1.807, 2.05) is 56.3 Å². The highest BCUT2D eigenvalue weighted by Crippen LogP contribution is 2.38. The lowest BCUT2D eigenvalue weighted by molar-refractivity contribution is -0.122. The van der Waals surface area contributed by atoms with Crippen LogP contribution in [0.1, 0.15) is 11.1 Å². The molecule has 2 atom stereocenters. The number of aryl methyl sites for hydroxylation is 2. The minimum absolute atomic E-state index is 0.0254. The summed E-state index contributed by atoms with van der Waals surface area (Å²) in [6, 6.07) is 22.7. The Bertz CT molecular complexity index is 1270. The van der Waals surface area contributed by atoms with Crippen LogP contribution in [0.15, 0.2) is 84.0 Å². The van der Waals surface area contributed by atoms with Crippen LogP contribution in [0.4, 0.5) is 17.1 Å². The lowest BCUT2D eigenvalue weighted by Crippen LogP contribution is -2.39. The number of para-hydroxylation sites is 1. The maximum atomic E-state index is 13.5. The first kappa shape index (κ1) is 20.6. The summed E-state index contributed by atoms with van der Waals surface area (Å²) in [5.74, 6) is -2.35. The first-order chi connectivity index (χ1) is 15.9. The summed E-state index contributed by atoms with van der Waals surface area (Å²) in [4.78, 5) is 41.4. The van der Waals surface area contributed by atoms with Crippen molar-refractivity contribution in [3.63, 3.8) is 0 Å². The van der Waals surface area contributed by atoms with Crippen LogP contribution in [0.25, 0.3) is 0 Å². The molecule has 3 aromatic carbocycles. The third-order valence-corrected chi connectivity index (χ3v) is 5.90. The smallest absolute Gasteiger partial charge is 0.272 e. The number of rotatable bonds is 4. The van der Waals surface area contributed by atoms with Crippen LogP contribution in [-0.2, 0) is 14.4 Å². The van der Waals surface area contributed by atoms with E-state index in [2.05, 4.69) is 10.4 Å². The van der Waals surface area contributed by atoms with Crippen LogP contribution >= 0.6 is 0 Å². The maximum Gasteiger partial charge on any atom is 0.272 e. The van der Waals surface area contributed by atoms with Gasteiger partial charge < -0.3 is 5.32 Å². The number of hydrogen-bond acceptors (Lipinski definition) is 5. The number of amides is 3. The third-order valence-electron chi connectivity index (χ3n) is 5.90. The van der Waals surface area contributed by atoms with Crippen molar-refractivity contribution in [3.8, 4) is 0 Å². The molecule has 5 rings (SSSR count). The van der Waals surface area contributed by atoms with Gasteiger partial charge in [-0.3, -0.25) is 19.4 Å². The molecule has 0 saturated carbocycles. The zero-order valence-corrected chi connectivity index (χ0v) is 18.2. The van der Waals surface area contributed by atoms with Crippen LogP contribution in [0.3, 0.4) is 0 Å². The predicted octanol–water partition coefficient (Wildman–Crippen LogP) is 3.68. The van der Waals surface area contributed by atoms with Crippen molar-refractivity contribution in [1.82, 2.24) is 0 Å². The number of benzene rings is 3. The topological polar surface area (TPSA) is 82.1 Å². The standard InChI is InChI=1S/C26H22N4O3/c1-16-8-12-19(13-9-16)29-25(32)21-22(24(31)27-18-6-4-3-5-7-18)28-30(23(21)26(29)33)20-14-10-17(2)11-15-20/h3-15,21,23H,1-2H3,(H,27,31). The Morgan fingerprint density at radius 3 is 1.97 bits per heavy atom. The summed E-state index contributed by atoms with van der Waals surface area (Å²) in [5, 5.41) is 8.78. The van der Waals surface area contributed by atoms with E-state index in [0.29, 0.717) is 17.1 Å². The molecule has 7 heteroatoms. The first-order valence-electron chi connectivity index (χ1n) is 10.7. The van der Waals surface area contributed by atoms with E-state index in [4.69, 9.17) is 0 Å². The van der Waals surface area contributed by atoms with E-state index in [9.17, 15) is 14.4 Å². The number of hydrazone groups is 1. The second-order valence-electron chi connectivity index (χ2n) is 8.26. The normalized spacial score (nSPS) is 19.5. The first-order valence-corrected chi connectivity index (χ1v) is 10.7. The summed E-state index contributed by atoms with van der Waals surface area (Å²) in [6.45, 7) is 3.89. The molecule has 0 aliphatic carbocycles. The molecular formula is C26H22N4O3. The van der Waals surface area contributed by atoms with Crippen molar-refractivity contribution in [2.24, 2.45) is 11.0 Å². The molecule has 1 N–H and O–H groups in total. The van der Waals surface area contributed by atoms with Gasteiger partial charge in [-0.05, 0) is 50.2 Å². The lowest BCUT2D eigenvalue weighted by atomic mass is 9.97. The Kier molecular flexibility index (Phi) is 5.01. The fraction of sp³-hybridized carbons (Fsp3) is 0.154. The number of carbonyl (C=O) groups is 3. The number of anilines is 3. The third kappa shape index (κ3) is 3.57. The van der Waals surface area contributed by atoms with Crippen molar-refractivity contribution in [2.45, 2.75) is 19.9 Å². The summed E-state index contributed by atoms with van der Waals surface area (Å²) in [7, 11) is 0. The number of nitrogens with one attached hydrogen (secondary N) is 1. The van der Waals surface area contributed by atoms with Gasteiger partial charge in [0, 0.05) is 5.69 Å². The molecule has 2 heterocycles. The van der Waals surface area contributed by atoms with E-state index in [1.165, 1.54) is 9.91 Å². The molecule has 164 valence electrons. The zero-order chi connectivity index (χ0) is 23.1. The fourth-order valence-corrected chi connectivity index (χ4v) is 4.18. The average molecular weight is 438 g/mol. The van der Waals surface area contributed by atoms with Crippen LogP contribution < -0.4 is 15.2 Å². The summed E-state index contributed by atoms with van der Waals surface area (Å²) >= 11 is 0. The molecular weight excluding hydrogens is 416 g/mol. The second kappa shape index (κ2) is 8.02. The van der Waals surface area contributed by atoms with Gasteiger partial charge in [-0.15, -0.1) is 0 Å². The van der Waals surface area contributed by atoms with Gasteiger partial charge in [0.1, 0.15) is 17.7 Å². The van der Waals surface area contributed by atoms with Crippen molar-refractivity contribution >= 4 is 40.5 Å². The Morgan fingerprint density at radius 2 is 1.36 bits per heavy atom. The Labute approximate surface area is 191 Å². The highest BCUT2D eigenvalue weighted by molar-refractivity contribution is 6.51. The Morgan fingerprint density at radius 1 is 0.788 bits per heavy atom. The van der Waals surface area contributed by atoms with E-state index in [-0.39, 0.29) is 5.71 Å². The van der Waals surface area contributed by atoms with Gasteiger partial charge in [0.15, 0.2) is 0 Å². The number of hydrogen-bond donors (Lipinski definition) is 1. The van der Waals surface area contributed by atoms with E-state index in [0.717, 1.165) is 11.1 Å². The molecule has 2 aliphatic rings. The summed E-state index contributed by atoms with van der Waals surface area (Å²) in [6.07, 6.45) is 0. The molecule has 0 spiro atoms. The van der Waals surface area contributed by atoms with Gasteiger partial charge in [0.05, 0.1) is 11.4 Å². The molecule has 1 fully saturated rings. The average Bonchev–Trinajstić information content (AvgIpc) is 3.33. The molecule has 0 bridgehead atoms. The molecule has 7 nitrogen and oxygen atoms in total. The van der Waals surface area contributed by atoms with Crippen molar-refractivity contribution in [2.75, 3.05) is 15.2 Å². The second-order valence-corrected chi connectivity index (χ2v) is 8.26. The van der Waals surface area contributed by atoms with Crippen LogP contribution in [0, 0.1) is 19.8 Å². The monoisotopic (exact) mass is 438 g/mol. The minimum atomic E-state index is -0.996. The largest absolute Gasteiger partial charge is 0.321 e. The predicted molar refractivity (Wildman–Crippen MR) is 127 cm³/mol. The molecule has 3 amide bonds. The quantitative estimate of drug-likeness (QED) is 0.630. The van der Waals surface area contributed by atoms with Crippen LogP contribution in [0.5, 0.6) is 0 Å². The van der Waals surface area contributed by atoms with Gasteiger partial charge in [-0.25, -0.2) is 4.90 Å². The molecule has 1 saturated heterocycles. The van der Waals surface area contributed by atoms with Gasteiger partial charge in [-0.1, -0.05) is 53.6 Å². The molecule has 0 aromatic heterocycles.